The van der Waals surface area contributed by atoms with Gasteiger partial charge in [-0.3, -0.25) is 9.97 Å². The predicted molar refractivity (Wildman–Crippen MR) is 119 cm³/mol. The van der Waals surface area contributed by atoms with Gasteiger partial charge < -0.3 is 24.1 Å². The van der Waals surface area contributed by atoms with E-state index in [1.165, 1.54) is 6.20 Å². The van der Waals surface area contributed by atoms with Gasteiger partial charge in [0.15, 0.2) is 0 Å². The Balaban J connectivity index is 1.61. The van der Waals surface area contributed by atoms with Gasteiger partial charge in [0, 0.05) is 17.3 Å². The van der Waals surface area contributed by atoms with Crippen LogP contribution in [0, 0.1) is 0 Å². The summed E-state index contributed by atoms with van der Waals surface area (Å²) in [4.78, 5) is 21.8. The quantitative estimate of drug-likeness (QED) is 0.585. The summed E-state index contributed by atoms with van der Waals surface area (Å²) >= 11 is 1.07. The highest BCUT2D eigenvalue weighted by atomic mass is 32.2. The second kappa shape index (κ2) is 8.23. The lowest BCUT2D eigenvalue weighted by Crippen LogP contribution is -2.30. The van der Waals surface area contributed by atoms with Crippen molar-refractivity contribution >= 4 is 33.7 Å². The van der Waals surface area contributed by atoms with E-state index in [2.05, 4.69) is 28.5 Å². The number of carbonyl (C=O) groups excluding carboxylic acids is 1. The first-order valence-electron chi connectivity index (χ1n) is 10.4. The van der Waals surface area contributed by atoms with Crippen LogP contribution >= 0.6 is 11.3 Å². The van der Waals surface area contributed by atoms with Crippen molar-refractivity contribution in [3.63, 3.8) is 0 Å². The monoisotopic (exact) mass is 463 g/mol. The van der Waals surface area contributed by atoms with E-state index in [4.69, 9.17) is 4.98 Å². The molecule has 2 heterocycles. The summed E-state index contributed by atoms with van der Waals surface area (Å²) in [5.74, 6) is 0. The lowest BCUT2D eigenvalue weighted by atomic mass is 9.90. The summed E-state index contributed by atoms with van der Waals surface area (Å²) in [6, 6.07) is -0.660. The number of fused-ring (bicyclic) bond motifs is 2. The molecule has 2 aromatic heterocycles. The number of urea groups is 1. The first kappa shape index (κ1) is 22.3. The minimum absolute atomic E-state index is 0.0303. The van der Waals surface area contributed by atoms with E-state index in [-0.39, 0.29) is 18.6 Å². The fourth-order valence-electron chi connectivity index (χ4n) is 4.19. The SMILES string of the molecule is CC1(C)CCc2c1nc1c(c2NC(=O)N=[S-](=O)c2cnc(C(C)(CO)CO)s2)CCC1. The fraction of sp³-hybridized carbons (Fsp3) is 0.571. The molecule has 2 aromatic rings. The number of nitrogens with one attached hydrogen (secondary N) is 1. The minimum atomic E-state index is -1.93. The smallest absolute Gasteiger partial charge is 0.322 e. The number of thiazole rings is 1. The number of aliphatic hydroxyl groups excluding tert-OH is 2. The summed E-state index contributed by atoms with van der Waals surface area (Å²) in [6.45, 7) is 5.41. The second-order valence-electron chi connectivity index (χ2n) is 9.11. The molecule has 3 N–H and O–H groups in total. The molecular formula is C21H27N4O4S2-. The Morgan fingerprint density at radius 2 is 2.03 bits per heavy atom. The molecule has 0 aromatic carbocycles. The average molecular weight is 464 g/mol. The van der Waals surface area contributed by atoms with Crippen molar-refractivity contribution < 1.29 is 19.2 Å². The molecule has 4 rings (SSSR count). The summed E-state index contributed by atoms with van der Waals surface area (Å²) in [5, 5.41) is 22.4. The zero-order valence-corrected chi connectivity index (χ0v) is 19.5. The summed E-state index contributed by atoms with van der Waals surface area (Å²) in [7, 11) is -1.93. The zero-order valence-electron chi connectivity index (χ0n) is 17.9. The average Bonchev–Trinajstić information content (AvgIpc) is 3.47. The van der Waals surface area contributed by atoms with Crippen molar-refractivity contribution in [3.05, 3.63) is 33.7 Å². The predicted octanol–water partition coefficient (Wildman–Crippen LogP) is 3.23. The van der Waals surface area contributed by atoms with Crippen LogP contribution in [0.25, 0.3) is 0 Å². The molecule has 0 fully saturated rings. The van der Waals surface area contributed by atoms with Crippen LogP contribution in [0.1, 0.15) is 61.1 Å². The standard InChI is InChI=1S/C21H27N4O4S2/c1-20(2)8-7-13-16(12-5-4-6-14(12)23-17(13)20)24-19(28)25-31(29)15-9-22-18(30-15)21(3,10-26)11-27/h9,26-27H,4-8,10-11H2,1-3H3,(H,23,24,28)/q-1. The van der Waals surface area contributed by atoms with Crippen LogP contribution < -0.4 is 5.32 Å². The molecule has 10 heteroatoms. The van der Waals surface area contributed by atoms with Gasteiger partial charge in [0.05, 0.1) is 30.0 Å². The largest absolute Gasteiger partial charge is 0.439 e. The topological polar surface area (TPSA) is 125 Å². The van der Waals surface area contributed by atoms with Crippen LogP contribution in [0.4, 0.5) is 10.5 Å². The lowest BCUT2D eigenvalue weighted by Gasteiger charge is -2.21. The number of hydrogen-bond acceptors (Lipinski definition) is 8. The summed E-state index contributed by atoms with van der Waals surface area (Å²) in [5.41, 5.74) is 4.08. The maximum Gasteiger partial charge on any atom is 0.322 e. The molecule has 0 aliphatic heterocycles. The van der Waals surface area contributed by atoms with E-state index < -0.39 is 22.0 Å². The molecule has 0 radical (unpaired) electrons. The Morgan fingerprint density at radius 1 is 1.29 bits per heavy atom. The number of anilines is 1. The highest BCUT2D eigenvalue weighted by Gasteiger charge is 2.36. The number of rotatable bonds is 5. The number of carbonyl (C=O) groups is 1. The molecule has 0 saturated heterocycles. The number of aromatic nitrogens is 2. The van der Waals surface area contributed by atoms with Crippen LogP contribution in [0.15, 0.2) is 14.8 Å². The van der Waals surface area contributed by atoms with Crippen LogP contribution in [0.5, 0.6) is 0 Å². The Kier molecular flexibility index (Phi) is 5.93. The van der Waals surface area contributed by atoms with Gasteiger partial charge in [-0.2, -0.15) is 0 Å². The third-order valence-electron chi connectivity index (χ3n) is 6.23. The molecule has 0 unspecified atom stereocenters. The zero-order chi connectivity index (χ0) is 22.4. The van der Waals surface area contributed by atoms with Crippen molar-refractivity contribution in [3.8, 4) is 0 Å². The molecule has 0 bridgehead atoms. The van der Waals surface area contributed by atoms with Crippen molar-refractivity contribution in [2.45, 2.75) is 67.9 Å². The number of pyridine rings is 1. The van der Waals surface area contributed by atoms with E-state index in [9.17, 15) is 19.2 Å². The van der Waals surface area contributed by atoms with E-state index in [0.717, 1.165) is 71.6 Å². The summed E-state index contributed by atoms with van der Waals surface area (Å²) < 4.78 is 16.8. The molecule has 2 amide bonds. The van der Waals surface area contributed by atoms with Crippen molar-refractivity contribution in [2.75, 3.05) is 18.5 Å². The second-order valence-corrected chi connectivity index (χ2v) is 11.5. The molecule has 8 nitrogen and oxygen atoms in total. The van der Waals surface area contributed by atoms with Gasteiger partial charge in [-0.25, -0.2) is 4.79 Å². The van der Waals surface area contributed by atoms with Crippen LogP contribution in [-0.4, -0.2) is 39.4 Å². The van der Waals surface area contributed by atoms with Crippen molar-refractivity contribution in [1.29, 1.82) is 0 Å². The lowest BCUT2D eigenvalue weighted by molar-refractivity contribution is 0.129. The molecule has 2 aliphatic carbocycles. The van der Waals surface area contributed by atoms with Gasteiger partial charge in [0.25, 0.3) is 0 Å². The van der Waals surface area contributed by atoms with E-state index >= 15 is 0 Å². The first-order chi connectivity index (χ1) is 14.7. The van der Waals surface area contributed by atoms with Gasteiger partial charge in [0.2, 0.25) is 0 Å². The van der Waals surface area contributed by atoms with Gasteiger partial charge in [-0.15, -0.1) is 21.9 Å². The van der Waals surface area contributed by atoms with Crippen LogP contribution in [0.3, 0.4) is 0 Å². The Morgan fingerprint density at radius 3 is 2.74 bits per heavy atom. The van der Waals surface area contributed by atoms with Crippen LogP contribution in [0.2, 0.25) is 0 Å². The maximum atomic E-state index is 12.7. The van der Waals surface area contributed by atoms with Crippen molar-refractivity contribution in [1.82, 2.24) is 9.97 Å². The Bertz CT molecular complexity index is 1110. The fourth-order valence-corrected chi connectivity index (χ4v) is 6.03. The number of hydrogen-bond donors (Lipinski definition) is 3. The molecule has 2 aliphatic rings. The molecular weight excluding hydrogens is 436 g/mol. The van der Waals surface area contributed by atoms with E-state index in [0.29, 0.717) is 9.22 Å². The number of aryl methyl sites for hydroxylation is 1. The third-order valence-corrected chi connectivity index (χ3v) is 8.79. The van der Waals surface area contributed by atoms with Gasteiger partial charge in [-0.05, 0) is 54.4 Å². The highest BCUT2D eigenvalue weighted by molar-refractivity contribution is 7.78. The molecule has 168 valence electrons. The maximum absolute atomic E-state index is 12.7. The van der Waals surface area contributed by atoms with E-state index in [1.54, 1.807) is 6.92 Å². The molecule has 0 saturated carbocycles. The summed E-state index contributed by atoms with van der Waals surface area (Å²) in [6.07, 6.45) is 5.98. The number of amides is 2. The van der Waals surface area contributed by atoms with Gasteiger partial charge in [-0.1, -0.05) is 13.8 Å². The Hall–Kier alpha value is -1.88. The van der Waals surface area contributed by atoms with Crippen molar-refractivity contribution in [2.24, 2.45) is 4.36 Å². The number of nitrogens with zero attached hydrogens (tertiary/aromatic N) is 3. The third kappa shape index (κ3) is 4.02. The minimum Gasteiger partial charge on any atom is -0.439 e. The van der Waals surface area contributed by atoms with Gasteiger partial charge >= 0.3 is 6.03 Å². The molecule has 31 heavy (non-hydrogen) atoms. The normalized spacial score (nSPS) is 18.1. The molecule has 0 spiro atoms. The first-order valence-corrected chi connectivity index (χ1v) is 12.3. The Labute approximate surface area is 187 Å². The van der Waals surface area contributed by atoms with Gasteiger partial charge in [0.1, 0.15) is 5.01 Å². The highest BCUT2D eigenvalue weighted by Crippen LogP contribution is 2.44. The van der Waals surface area contributed by atoms with Crippen LogP contribution in [-0.2, 0) is 44.9 Å². The van der Waals surface area contributed by atoms with E-state index in [1.807, 2.05) is 0 Å². The molecule has 0 atom stereocenters. The number of aliphatic hydroxyl groups is 2.